The molecule has 1 aromatic carbocycles. The number of aromatic amines is 1. The van der Waals surface area contributed by atoms with Crippen LogP contribution in [0, 0.1) is 23.5 Å². The van der Waals surface area contributed by atoms with Crippen molar-refractivity contribution in [2.45, 2.75) is 25.2 Å². The molecular formula is C27H25F2N5O3. The van der Waals surface area contributed by atoms with Gasteiger partial charge in [0.2, 0.25) is 0 Å². The third-order valence-corrected chi connectivity index (χ3v) is 7.06. The first-order valence-electron chi connectivity index (χ1n) is 11.8. The van der Waals surface area contributed by atoms with Gasteiger partial charge in [-0.3, -0.25) is 14.6 Å². The van der Waals surface area contributed by atoms with E-state index in [0.717, 1.165) is 6.20 Å². The van der Waals surface area contributed by atoms with Crippen molar-refractivity contribution in [2.75, 3.05) is 32.1 Å². The Morgan fingerprint density at radius 2 is 2.00 bits per heavy atom. The molecule has 0 unspecified atom stereocenters. The fourth-order valence-electron chi connectivity index (χ4n) is 5.16. The van der Waals surface area contributed by atoms with Crippen LogP contribution in [0.3, 0.4) is 0 Å². The first-order valence-corrected chi connectivity index (χ1v) is 11.8. The standard InChI is InChI=1S/C27H25F2N5O3/c1-3-5-20(35)34-12-9-27(10-13-34)15-31-26(36)21-23(32-19-7-4-6-17(28)24(19)37-2)22(33-25(21)27)16-8-11-30-14-18(16)29/h4,6-8,11,14,32-33H,9-10,12-13,15H2,1-2H3,(H,31,36). The van der Waals surface area contributed by atoms with Gasteiger partial charge >= 0.3 is 0 Å². The monoisotopic (exact) mass is 505 g/mol. The van der Waals surface area contributed by atoms with E-state index in [-0.39, 0.29) is 28.8 Å². The van der Waals surface area contributed by atoms with E-state index < -0.39 is 17.0 Å². The minimum absolute atomic E-state index is 0.0339. The number of anilines is 2. The zero-order chi connectivity index (χ0) is 26.2. The summed E-state index contributed by atoms with van der Waals surface area (Å²) >= 11 is 0. The van der Waals surface area contributed by atoms with Gasteiger partial charge < -0.3 is 25.3 Å². The van der Waals surface area contributed by atoms with Gasteiger partial charge in [-0.05, 0) is 43.9 Å². The number of H-pyrrole nitrogens is 1. The van der Waals surface area contributed by atoms with E-state index in [2.05, 4.69) is 32.4 Å². The molecule has 0 radical (unpaired) electrons. The molecule has 1 spiro atoms. The van der Waals surface area contributed by atoms with Crippen molar-refractivity contribution in [1.82, 2.24) is 20.2 Å². The normalized spacial score (nSPS) is 15.9. The number of hydrogen-bond acceptors (Lipinski definition) is 5. The minimum atomic E-state index is -0.582. The number of nitrogens with one attached hydrogen (secondary N) is 3. The summed E-state index contributed by atoms with van der Waals surface area (Å²) in [4.78, 5) is 34.4. The summed E-state index contributed by atoms with van der Waals surface area (Å²) in [6.45, 7) is 2.90. The molecule has 190 valence electrons. The summed E-state index contributed by atoms with van der Waals surface area (Å²) in [5.41, 5.74) is 1.58. The predicted molar refractivity (Wildman–Crippen MR) is 133 cm³/mol. The lowest BCUT2D eigenvalue weighted by molar-refractivity contribution is -0.126. The van der Waals surface area contributed by atoms with Gasteiger partial charge in [-0.25, -0.2) is 8.78 Å². The number of para-hydroxylation sites is 1. The van der Waals surface area contributed by atoms with Crippen LogP contribution in [0.5, 0.6) is 5.75 Å². The first-order chi connectivity index (χ1) is 17.9. The van der Waals surface area contributed by atoms with Gasteiger partial charge in [0, 0.05) is 42.5 Å². The van der Waals surface area contributed by atoms with Crippen molar-refractivity contribution in [1.29, 1.82) is 0 Å². The third kappa shape index (κ3) is 4.16. The van der Waals surface area contributed by atoms with E-state index in [1.54, 1.807) is 17.9 Å². The predicted octanol–water partition coefficient (Wildman–Crippen LogP) is 3.73. The number of fused-ring (bicyclic) bond motifs is 2. The van der Waals surface area contributed by atoms with E-state index in [0.29, 0.717) is 55.1 Å². The van der Waals surface area contributed by atoms with Crippen molar-refractivity contribution >= 4 is 23.2 Å². The molecule has 0 aliphatic carbocycles. The van der Waals surface area contributed by atoms with Crippen molar-refractivity contribution < 1.29 is 23.1 Å². The Bertz CT molecular complexity index is 1450. The Balaban J connectivity index is 1.65. The number of likely N-dealkylation sites (tertiary alicyclic amines) is 1. The number of carbonyl (C=O) groups excluding carboxylic acids is 2. The maximum absolute atomic E-state index is 15.0. The van der Waals surface area contributed by atoms with E-state index in [4.69, 9.17) is 4.74 Å². The molecule has 4 heterocycles. The summed E-state index contributed by atoms with van der Waals surface area (Å²) in [5, 5.41) is 6.11. The molecule has 2 aliphatic rings. The van der Waals surface area contributed by atoms with Crippen LogP contribution in [0.4, 0.5) is 20.2 Å². The number of rotatable bonds is 4. The van der Waals surface area contributed by atoms with Gasteiger partial charge in [-0.2, -0.15) is 0 Å². The second-order valence-electron chi connectivity index (χ2n) is 9.06. The van der Waals surface area contributed by atoms with Crippen LogP contribution in [-0.4, -0.2) is 53.4 Å². The molecule has 1 fully saturated rings. The Hall–Kier alpha value is -4.39. The summed E-state index contributed by atoms with van der Waals surface area (Å²) in [6, 6.07) is 5.90. The molecule has 5 rings (SSSR count). The SMILES string of the molecule is CC#CC(=O)N1CCC2(CC1)CNC(=O)c1c2[nH]c(-c2ccncc2F)c1Nc1cccc(F)c1OC. The highest BCUT2D eigenvalue weighted by molar-refractivity contribution is 6.07. The fraction of sp³-hybridized carbons (Fsp3) is 0.296. The average molecular weight is 506 g/mol. The van der Waals surface area contributed by atoms with Gasteiger partial charge in [0.15, 0.2) is 17.4 Å². The minimum Gasteiger partial charge on any atom is -0.492 e. The summed E-state index contributed by atoms with van der Waals surface area (Å²) in [5.74, 6) is 3.44. The number of nitrogens with zero attached hydrogens (tertiary/aromatic N) is 2. The molecular weight excluding hydrogens is 480 g/mol. The van der Waals surface area contributed by atoms with Gasteiger partial charge in [-0.1, -0.05) is 12.0 Å². The van der Waals surface area contributed by atoms with Gasteiger partial charge in [0.05, 0.1) is 35.9 Å². The van der Waals surface area contributed by atoms with Gasteiger partial charge in [-0.15, -0.1) is 0 Å². The van der Waals surface area contributed by atoms with E-state index in [9.17, 15) is 18.4 Å². The zero-order valence-corrected chi connectivity index (χ0v) is 20.4. The number of pyridine rings is 1. The van der Waals surface area contributed by atoms with Crippen LogP contribution in [0.25, 0.3) is 11.3 Å². The van der Waals surface area contributed by atoms with E-state index in [1.165, 1.54) is 31.5 Å². The topological polar surface area (TPSA) is 99.4 Å². The van der Waals surface area contributed by atoms with Crippen molar-refractivity contribution in [2.24, 2.45) is 0 Å². The Labute approximate surface area is 212 Å². The summed E-state index contributed by atoms with van der Waals surface area (Å²) < 4.78 is 34.7. The Morgan fingerprint density at radius 1 is 1.22 bits per heavy atom. The lowest BCUT2D eigenvalue weighted by atomic mass is 9.72. The number of amides is 2. The van der Waals surface area contributed by atoms with Crippen molar-refractivity contribution in [3.63, 3.8) is 0 Å². The Morgan fingerprint density at radius 3 is 2.70 bits per heavy atom. The highest BCUT2D eigenvalue weighted by atomic mass is 19.1. The lowest BCUT2D eigenvalue weighted by Gasteiger charge is -2.43. The molecule has 0 atom stereocenters. The molecule has 2 aliphatic heterocycles. The lowest BCUT2D eigenvalue weighted by Crippen LogP contribution is -2.53. The van der Waals surface area contributed by atoms with Crippen LogP contribution < -0.4 is 15.4 Å². The number of benzene rings is 1. The number of methoxy groups -OCH3 is 1. The van der Waals surface area contributed by atoms with Crippen LogP contribution in [0.1, 0.15) is 35.8 Å². The quantitative estimate of drug-likeness (QED) is 0.470. The summed E-state index contributed by atoms with van der Waals surface area (Å²) in [6.07, 6.45) is 3.69. The first kappa shape index (κ1) is 24.3. The van der Waals surface area contributed by atoms with Crippen LogP contribution >= 0.6 is 0 Å². The number of aromatic nitrogens is 2. The number of halogens is 2. The molecule has 1 saturated heterocycles. The van der Waals surface area contributed by atoms with Gasteiger partial charge in [0.1, 0.15) is 0 Å². The molecule has 3 N–H and O–H groups in total. The highest BCUT2D eigenvalue weighted by Gasteiger charge is 2.46. The van der Waals surface area contributed by atoms with Crippen LogP contribution in [0.15, 0.2) is 36.7 Å². The maximum atomic E-state index is 15.0. The molecule has 2 aromatic heterocycles. The van der Waals surface area contributed by atoms with E-state index in [1.807, 2.05) is 0 Å². The largest absolute Gasteiger partial charge is 0.492 e. The maximum Gasteiger partial charge on any atom is 0.298 e. The smallest absolute Gasteiger partial charge is 0.298 e. The fourth-order valence-corrected chi connectivity index (χ4v) is 5.16. The second-order valence-corrected chi connectivity index (χ2v) is 9.06. The number of carbonyl (C=O) groups is 2. The third-order valence-electron chi connectivity index (χ3n) is 7.06. The number of piperidine rings is 1. The second kappa shape index (κ2) is 9.58. The molecule has 2 amide bonds. The van der Waals surface area contributed by atoms with Crippen molar-refractivity contribution in [3.8, 4) is 28.8 Å². The van der Waals surface area contributed by atoms with E-state index >= 15 is 0 Å². The molecule has 0 saturated carbocycles. The summed E-state index contributed by atoms with van der Waals surface area (Å²) in [7, 11) is 1.35. The molecule has 8 nitrogen and oxygen atoms in total. The Kier molecular flexibility index (Phi) is 6.29. The zero-order valence-electron chi connectivity index (χ0n) is 20.4. The number of ether oxygens (including phenoxy) is 1. The molecule has 10 heteroatoms. The average Bonchev–Trinajstić information content (AvgIpc) is 3.28. The molecule has 3 aromatic rings. The van der Waals surface area contributed by atoms with Crippen molar-refractivity contribution in [3.05, 3.63) is 59.6 Å². The van der Waals surface area contributed by atoms with Crippen LogP contribution in [0.2, 0.25) is 0 Å². The molecule has 37 heavy (non-hydrogen) atoms. The van der Waals surface area contributed by atoms with Crippen LogP contribution in [-0.2, 0) is 10.2 Å². The molecule has 0 bridgehead atoms. The highest BCUT2D eigenvalue weighted by Crippen LogP contribution is 2.46. The number of hydrogen-bond donors (Lipinski definition) is 3. The van der Waals surface area contributed by atoms with Gasteiger partial charge in [0.25, 0.3) is 11.8 Å².